The van der Waals surface area contributed by atoms with Crippen molar-refractivity contribution in [2.24, 2.45) is 5.14 Å². The molecule has 2 aromatic rings. The van der Waals surface area contributed by atoms with Gasteiger partial charge in [0.2, 0.25) is 10.0 Å². The van der Waals surface area contributed by atoms with E-state index in [0.717, 1.165) is 11.1 Å². The summed E-state index contributed by atoms with van der Waals surface area (Å²) in [6.45, 7) is 3.87. The number of ether oxygens (including phenoxy) is 2. The van der Waals surface area contributed by atoms with Gasteiger partial charge in [-0.2, -0.15) is 5.26 Å². The quantitative estimate of drug-likeness (QED) is 0.866. The van der Waals surface area contributed by atoms with Crippen LogP contribution in [-0.4, -0.2) is 21.6 Å². The van der Waals surface area contributed by atoms with Crippen LogP contribution >= 0.6 is 0 Å². The number of hydrogen-bond donors (Lipinski definition) is 1. The summed E-state index contributed by atoms with van der Waals surface area (Å²) in [7, 11) is -3.92. The van der Waals surface area contributed by atoms with Crippen molar-refractivity contribution in [3.63, 3.8) is 0 Å². The molecule has 0 spiro atoms. The summed E-state index contributed by atoms with van der Waals surface area (Å²) in [5.41, 5.74) is 2.22. The monoisotopic (exact) mass is 346 g/mol. The summed E-state index contributed by atoms with van der Waals surface area (Å²) >= 11 is 0. The first-order valence-corrected chi connectivity index (χ1v) is 8.82. The van der Waals surface area contributed by atoms with Crippen LogP contribution in [0.15, 0.2) is 41.3 Å². The molecule has 126 valence electrons. The van der Waals surface area contributed by atoms with E-state index in [1.807, 2.05) is 19.1 Å². The molecule has 0 aliphatic rings. The Morgan fingerprint density at radius 1 is 1.21 bits per heavy atom. The van der Waals surface area contributed by atoms with Gasteiger partial charge < -0.3 is 9.47 Å². The van der Waals surface area contributed by atoms with Crippen molar-refractivity contribution < 1.29 is 17.9 Å². The molecule has 0 aliphatic carbocycles. The molecule has 0 amide bonds. The average Bonchev–Trinajstić information content (AvgIpc) is 2.52. The van der Waals surface area contributed by atoms with Gasteiger partial charge in [0, 0.05) is 5.56 Å². The number of benzene rings is 2. The third-order valence-corrected chi connectivity index (χ3v) is 4.17. The van der Waals surface area contributed by atoms with Crippen molar-refractivity contribution in [2.45, 2.75) is 18.7 Å². The molecule has 0 atom stereocenters. The predicted octanol–water partition coefficient (Wildman–Crippen LogP) is 2.61. The van der Waals surface area contributed by atoms with Gasteiger partial charge in [-0.25, -0.2) is 13.6 Å². The first-order chi connectivity index (χ1) is 11.4. The van der Waals surface area contributed by atoms with E-state index in [-0.39, 0.29) is 17.3 Å². The van der Waals surface area contributed by atoms with E-state index >= 15 is 0 Å². The third kappa shape index (κ3) is 4.04. The normalized spacial score (nSPS) is 10.9. The summed E-state index contributed by atoms with van der Waals surface area (Å²) in [4.78, 5) is -0.0668. The number of aryl methyl sites for hydroxylation is 1. The highest BCUT2D eigenvalue weighted by Crippen LogP contribution is 2.37. The van der Waals surface area contributed by atoms with Gasteiger partial charge in [0.1, 0.15) is 22.5 Å². The van der Waals surface area contributed by atoms with Crippen LogP contribution in [-0.2, 0) is 10.0 Å². The molecule has 0 fully saturated rings. The number of primary sulfonamides is 1. The maximum atomic E-state index is 11.8. The smallest absolute Gasteiger partial charge is 0.241 e. The van der Waals surface area contributed by atoms with Crippen molar-refractivity contribution >= 4 is 10.0 Å². The van der Waals surface area contributed by atoms with Crippen LogP contribution in [0, 0.1) is 18.3 Å². The number of rotatable bonds is 6. The third-order valence-electron chi connectivity index (χ3n) is 3.24. The van der Waals surface area contributed by atoms with Crippen molar-refractivity contribution in [3.8, 4) is 28.7 Å². The summed E-state index contributed by atoms with van der Waals surface area (Å²) in [5, 5.41) is 13.9. The lowest BCUT2D eigenvalue weighted by atomic mass is 10.0. The lowest BCUT2D eigenvalue weighted by Gasteiger charge is -2.15. The predicted molar refractivity (Wildman–Crippen MR) is 90.3 cm³/mol. The van der Waals surface area contributed by atoms with E-state index in [9.17, 15) is 8.42 Å². The summed E-state index contributed by atoms with van der Waals surface area (Å²) in [6.07, 6.45) is 0. The Bertz CT molecular complexity index is 886. The van der Waals surface area contributed by atoms with Crippen LogP contribution in [0.4, 0.5) is 0 Å². The number of nitriles is 1. The second-order valence-corrected chi connectivity index (χ2v) is 6.62. The molecular weight excluding hydrogens is 328 g/mol. The number of nitrogens with two attached hydrogens (primary N) is 1. The minimum absolute atomic E-state index is 0.0668. The summed E-state index contributed by atoms with van der Waals surface area (Å²) < 4.78 is 34.6. The number of para-hydroxylation sites is 1. The molecule has 0 bridgehead atoms. The molecule has 0 saturated heterocycles. The molecule has 24 heavy (non-hydrogen) atoms. The lowest BCUT2D eigenvalue weighted by Crippen LogP contribution is -2.14. The van der Waals surface area contributed by atoms with E-state index in [1.54, 1.807) is 31.2 Å². The van der Waals surface area contributed by atoms with Crippen LogP contribution in [0.1, 0.15) is 12.5 Å². The second kappa shape index (κ2) is 7.34. The molecule has 7 heteroatoms. The van der Waals surface area contributed by atoms with Crippen LogP contribution in [0.25, 0.3) is 11.1 Å². The van der Waals surface area contributed by atoms with Crippen molar-refractivity contribution in [1.82, 2.24) is 0 Å². The molecule has 2 rings (SSSR count). The topological polar surface area (TPSA) is 102 Å². The average molecular weight is 346 g/mol. The zero-order valence-corrected chi connectivity index (χ0v) is 14.3. The van der Waals surface area contributed by atoms with Crippen LogP contribution < -0.4 is 14.6 Å². The van der Waals surface area contributed by atoms with Gasteiger partial charge in [0.05, 0.1) is 6.61 Å². The first kappa shape index (κ1) is 17.8. The molecular formula is C17H18N2O4S. The second-order valence-electron chi connectivity index (χ2n) is 5.09. The summed E-state index contributed by atoms with van der Waals surface area (Å²) in [5.74, 6) is 0.731. The molecule has 0 unspecified atom stereocenters. The van der Waals surface area contributed by atoms with Gasteiger partial charge in [-0.1, -0.05) is 18.2 Å². The van der Waals surface area contributed by atoms with Gasteiger partial charge in [0.15, 0.2) is 6.61 Å². The maximum Gasteiger partial charge on any atom is 0.241 e. The standard InChI is InChI=1S/C17H18N2O4S/c1-3-22-17-15(5-4-6-16(17)24(19,20)21)13-9-12(2)10-14(11-13)23-8-7-18/h4-6,9-11H,3,8H2,1-2H3,(H2,19,20,21). The van der Waals surface area contributed by atoms with E-state index in [0.29, 0.717) is 17.9 Å². The van der Waals surface area contributed by atoms with Crippen LogP contribution in [0.3, 0.4) is 0 Å². The van der Waals surface area contributed by atoms with E-state index in [4.69, 9.17) is 19.9 Å². The molecule has 0 aliphatic heterocycles. The Morgan fingerprint density at radius 2 is 1.96 bits per heavy atom. The fourth-order valence-corrected chi connectivity index (χ4v) is 3.06. The molecule has 0 saturated carbocycles. The van der Waals surface area contributed by atoms with E-state index in [1.165, 1.54) is 6.07 Å². The van der Waals surface area contributed by atoms with E-state index < -0.39 is 10.0 Å². The number of sulfonamides is 1. The minimum atomic E-state index is -3.92. The van der Waals surface area contributed by atoms with Crippen molar-refractivity contribution in [1.29, 1.82) is 5.26 Å². The highest BCUT2D eigenvalue weighted by molar-refractivity contribution is 7.89. The van der Waals surface area contributed by atoms with Gasteiger partial charge >= 0.3 is 0 Å². The fraction of sp³-hybridized carbons (Fsp3) is 0.235. The maximum absolute atomic E-state index is 11.8. The molecule has 2 N–H and O–H groups in total. The zero-order valence-electron chi connectivity index (χ0n) is 13.4. The number of nitrogens with zero attached hydrogens (tertiary/aromatic N) is 1. The largest absolute Gasteiger partial charge is 0.492 e. The van der Waals surface area contributed by atoms with Crippen molar-refractivity contribution in [3.05, 3.63) is 42.0 Å². The Hall–Kier alpha value is -2.56. The van der Waals surface area contributed by atoms with Gasteiger partial charge in [-0.3, -0.25) is 0 Å². The Morgan fingerprint density at radius 3 is 2.58 bits per heavy atom. The SMILES string of the molecule is CCOc1c(-c2cc(C)cc(OCC#N)c2)cccc1S(N)(=O)=O. The summed E-state index contributed by atoms with van der Waals surface area (Å²) in [6, 6.07) is 12.1. The molecule has 0 heterocycles. The van der Waals surface area contributed by atoms with Gasteiger partial charge in [-0.15, -0.1) is 0 Å². The first-order valence-electron chi connectivity index (χ1n) is 7.27. The molecule has 0 radical (unpaired) electrons. The Kier molecular flexibility index (Phi) is 5.44. The highest BCUT2D eigenvalue weighted by atomic mass is 32.2. The zero-order chi connectivity index (χ0) is 17.7. The fourth-order valence-electron chi connectivity index (χ4n) is 2.36. The Labute approximate surface area is 141 Å². The minimum Gasteiger partial charge on any atom is -0.492 e. The Balaban J connectivity index is 2.64. The molecule has 6 nitrogen and oxygen atoms in total. The lowest BCUT2D eigenvalue weighted by molar-refractivity contribution is 0.332. The van der Waals surface area contributed by atoms with Crippen LogP contribution in [0.5, 0.6) is 11.5 Å². The van der Waals surface area contributed by atoms with Crippen molar-refractivity contribution in [2.75, 3.05) is 13.2 Å². The number of hydrogen-bond acceptors (Lipinski definition) is 5. The molecule has 2 aromatic carbocycles. The van der Waals surface area contributed by atoms with Crippen LogP contribution in [0.2, 0.25) is 0 Å². The van der Waals surface area contributed by atoms with Gasteiger partial charge in [-0.05, 0) is 43.2 Å². The van der Waals surface area contributed by atoms with Gasteiger partial charge in [0.25, 0.3) is 0 Å². The molecule has 0 aromatic heterocycles. The highest BCUT2D eigenvalue weighted by Gasteiger charge is 2.19. The van der Waals surface area contributed by atoms with E-state index in [2.05, 4.69) is 0 Å².